The molecule has 1 unspecified atom stereocenters. The summed E-state index contributed by atoms with van der Waals surface area (Å²) in [6.45, 7) is 9.70. The zero-order valence-electron chi connectivity index (χ0n) is 12.7. The predicted octanol–water partition coefficient (Wildman–Crippen LogP) is 2.82. The van der Waals surface area contributed by atoms with Crippen LogP contribution < -0.4 is 5.32 Å². The van der Waals surface area contributed by atoms with Crippen LogP contribution in [0.3, 0.4) is 0 Å². The number of nitrogens with one attached hydrogen (secondary N) is 1. The Kier molecular flexibility index (Phi) is 4.64. The highest BCUT2D eigenvalue weighted by molar-refractivity contribution is 5.86. The molecular formula is C15H27NO3. The van der Waals surface area contributed by atoms with Gasteiger partial charge >= 0.3 is 5.97 Å². The quantitative estimate of drug-likeness (QED) is 0.828. The zero-order valence-corrected chi connectivity index (χ0v) is 12.7. The van der Waals surface area contributed by atoms with Gasteiger partial charge in [0, 0.05) is 5.92 Å². The Hall–Kier alpha value is -1.06. The maximum atomic E-state index is 12.4. The van der Waals surface area contributed by atoms with Crippen molar-refractivity contribution in [3.63, 3.8) is 0 Å². The standard InChI is InChI=1S/C15H27NO3/c1-14(2,3)11(13(18)19)16-12(17)10-8-6-7-9-15(10,4)5/h10-11H,6-9H2,1-5H3,(H,16,17)(H,18,19)/t10?,11-/m0/s1. The molecule has 19 heavy (non-hydrogen) atoms. The molecule has 2 atom stereocenters. The van der Waals surface area contributed by atoms with Crippen LogP contribution in [0.25, 0.3) is 0 Å². The minimum absolute atomic E-state index is 0.0384. The Morgan fingerprint density at radius 2 is 1.84 bits per heavy atom. The highest BCUT2D eigenvalue weighted by Gasteiger charge is 2.40. The van der Waals surface area contributed by atoms with Crippen LogP contribution >= 0.6 is 0 Å². The molecule has 1 rings (SSSR count). The summed E-state index contributed by atoms with van der Waals surface area (Å²) in [5.74, 6) is -1.15. The summed E-state index contributed by atoms with van der Waals surface area (Å²) in [4.78, 5) is 23.7. The van der Waals surface area contributed by atoms with Crippen LogP contribution in [0.15, 0.2) is 0 Å². The van der Waals surface area contributed by atoms with Gasteiger partial charge in [0.2, 0.25) is 5.91 Å². The Labute approximate surface area is 116 Å². The Bertz CT molecular complexity index is 355. The van der Waals surface area contributed by atoms with Crippen molar-refractivity contribution in [1.82, 2.24) is 5.32 Å². The summed E-state index contributed by atoms with van der Waals surface area (Å²) >= 11 is 0. The first-order chi connectivity index (χ1) is 8.55. The van der Waals surface area contributed by atoms with E-state index in [1.807, 2.05) is 20.8 Å². The molecule has 110 valence electrons. The van der Waals surface area contributed by atoms with Gasteiger partial charge in [-0.25, -0.2) is 4.79 Å². The van der Waals surface area contributed by atoms with Gasteiger partial charge < -0.3 is 10.4 Å². The lowest BCUT2D eigenvalue weighted by Crippen LogP contribution is -2.53. The molecule has 0 aromatic rings. The predicted molar refractivity (Wildman–Crippen MR) is 74.8 cm³/mol. The largest absolute Gasteiger partial charge is 0.480 e. The van der Waals surface area contributed by atoms with Crippen LogP contribution in [0.2, 0.25) is 0 Å². The van der Waals surface area contributed by atoms with Crippen molar-refractivity contribution in [3.8, 4) is 0 Å². The summed E-state index contributed by atoms with van der Waals surface area (Å²) in [6, 6.07) is -0.835. The summed E-state index contributed by atoms with van der Waals surface area (Å²) in [6.07, 6.45) is 4.08. The number of aliphatic carboxylic acids is 1. The third-order valence-corrected chi connectivity index (χ3v) is 4.22. The third kappa shape index (κ3) is 3.95. The average molecular weight is 269 g/mol. The molecule has 0 spiro atoms. The highest BCUT2D eigenvalue weighted by Crippen LogP contribution is 2.40. The lowest BCUT2D eigenvalue weighted by molar-refractivity contribution is -0.146. The van der Waals surface area contributed by atoms with Gasteiger partial charge in [-0.15, -0.1) is 0 Å². The lowest BCUT2D eigenvalue weighted by atomic mass is 9.68. The van der Waals surface area contributed by atoms with E-state index in [9.17, 15) is 14.7 Å². The molecule has 0 radical (unpaired) electrons. The van der Waals surface area contributed by atoms with Crippen LogP contribution in [0.5, 0.6) is 0 Å². The molecule has 2 N–H and O–H groups in total. The van der Waals surface area contributed by atoms with Crippen LogP contribution in [-0.4, -0.2) is 23.0 Å². The van der Waals surface area contributed by atoms with Gasteiger partial charge in [-0.2, -0.15) is 0 Å². The van der Waals surface area contributed by atoms with E-state index in [0.717, 1.165) is 25.7 Å². The number of carboxylic acids is 1. The average Bonchev–Trinajstić information content (AvgIpc) is 2.22. The first kappa shape index (κ1) is 16.0. The number of hydrogen-bond donors (Lipinski definition) is 2. The summed E-state index contributed by atoms with van der Waals surface area (Å²) < 4.78 is 0. The van der Waals surface area contributed by atoms with Gasteiger partial charge in [-0.3, -0.25) is 4.79 Å². The fraction of sp³-hybridized carbons (Fsp3) is 0.867. The van der Waals surface area contributed by atoms with Crippen molar-refractivity contribution < 1.29 is 14.7 Å². The molecule has 0 aromatic heterocycles. The molecule has 4 heteroatoms. The molecule has 1 amide bonds. The van der Waals surface area contributed by atoms with Crippen molar-refractivity contribution >= 4 is 11.9 Å². The van der Waals surface area contributed by atoms with Crippen molar-refractivity contribution in [2.24, 2.45) is 16.7 Å². The van der Waals surface area contributed by atoms with Crippen LogP contribution in [-0.2, 0) is 9.59 Å². The summed E-state index contributed by atoms with van der Waals surface area (Å²) in [5.41, 5.74) is -0.524. The molecule has 0 heterocycles. The van der Waals surface area contributed by atoms with E-state index in [1.165, 1.54) is 0 Å². The van der Waals surface area contributed by atoms with Gasteiger partial charge in [-0.05, 0) is 23.7 Å². The molecule has 4 nitrogen and oxygen atoms in total. The second-order valence-corrected chi connectivity index (χ2v) is 7.43. The number of carbonyl (C=O) groups excluding carboxylic acids is 1. The zero-order chi connectivity index (χ0) is 14.8. The van der Waals surface area contributed by atoms with Crippen molar-refractivity contribution in [2.75, 3.05) is 0 Å². The van der Waals surface area contributed by atoms with Crippen LogP contribution in [0, 0.1) is 16.7 Å². The maximum Gasteiger partial charge on any atom is 0.326 e. The van der Waals surface area contributed by atoms with E-state index in [-0.39, 0.29) is 17.2 Å². The van der Waals surface area contributed by atoms with Crippen molar-refractivity contribution in [1.29, 1.82) is 0 Å². The summed E-state index contributed by atoms with van der Waals surface area (Å²) in [5, 5.41) is 12.0. The van der Waals surface area contributed by atoms with Crippen molar-refractivity contribution in [3.05, 3.63) is 0 Å². The second kappa shape index (κ2) is 5.51. The van der Waals surface area contributed by atoms with Crippen molar-refractivity contribution in [2.45, 2.75) is 66.3 Å². The van der Waals surface area contributed by atoms with E-state index >= 15 is 0 Å². The molecule has 0 aromatic carbocycles. The molecule has 1 aliphatic carbocycles. The van der Waals surface area contributed by atoms with Gasteiger partial charge in [0.05, 0.1) is 0 Å². The Morgan fingerprint density at radius 3 is 2.26 bits per heavy atom. The normalized spacial score (nSPS) is 24.6. The minimum atomic E-state index is -0.963. The monoisotopic (exact) mass is 269 g/mol. The van der Waals surface area contributed by atoms with Gasteiger partial charge in [0.1, 0.15) is 6.04 Å². The third-order valence-electron chi connectivity index (χ3n) is 4.22. The molecule has 0 saturated heterocycles. The van der Waals surface area contributed by atoms with E-state index < -0.39 is 17.4 Å². The van der Waals surface area contributed by atoms with E-state index in [0.29, 0.717) is 0 Å². The number of amides is 1. The smallest absolute Gasteiger partial charge is 0.326 e. The molecule has 0 aliphatic heterocycles. The second-order valence-electron chi connectivity index (χ2n) is 7.43. The Balaban J connectivity index is 2.80. The fourth-order valence-electron chi connectivity index (χ4n) is 2.87. The van der Waals surface area contributed by atoms with Gasteiger partial charge in [-0.1, -0.05) is 47.5 Å². The topological polar surface area (TPSA) is 66.4 Å². The van der Waals surface area contributed by atoms with E-state index in [2.05, 4.69) is 19.2 Å². The molecule has 1 saturated carbocycles. The fourth-order valence-corrected chi connectivity index (χ4v) is 2.87. The number of carboxylic acid groups (broad SMARTS) is 1. The molecule has 1 aliphatic rings. The summed E-state index contributed by atoms with van der Waals surface area (Å²) in [7, 11) is 0. The number of carbonyl (C=O) groups is 2. The Morgan fingerprint density at radius 1 is 1.26 bits per heavy atom. The van der Waals surface area contributed by atoms with E-state index in [1.54, 1.807) is 0 Å². The first-order valence-corrected chi connectivity index (χ1v) is 7.09. The highest BCUT2D eigenvalue weighted by atomic mass is 16.4. The molecule has 0 bridgehead atoms. The minimum Gasteiger partial charge on any atom is -0.480 e. The number of rotatable bonds is 3. The molecule has 1 fully saturated rings. The molecular weight excluding hydrogens is 242 g/mol. The lowest BCUT2D eigenvalue weighted by Gasteiger charge is -2.39. The maximum absolute atomic E-state index is 12.4. The van der Waals surface area contributed by atoms with E-state index in [4.69, 9.17) is 0 Å². The first-order valence-electron chi connectivity index (χ1n) is 7.09. The van der Waals surface area contributed by atoms with Gasteiger partial charge in [0.15, 0.2) is 0 Å². The number of hydrogen-bond acceptors (Lipinski definition) is 2. The van der Waals surface area contributed by atoms with Crippen LogP contribution in [0.4, 0.5) is 0 Å². The SMILES string of the molecule is CC1(C)CCCCC1C(=O)N[C@@H](C(=O)O)C(C)(C)C. The van der Waals surface area contributed by atoms with Crippen LogP contribution in [0.1, 0.15) is 60.3 Å². The van der Waals surface area contributed by atoms with Gasteiger partial charge in [0.25, 0.3) is 0 Å².